The zero-order chi connectivity index (χ0) is 7.56. The first-order valence-electron chi connectivity index (χ1n) is 2.82. The van der Waals surface area contributed by atoms with Gasteiger partial charge in [0.25, 0.3) is 0 Å². The van der Waals surface area contributed by atoms with Gasteiger partial charge in [-0.2, -0.15) is 0 Å². The highest BCUT2D eigenvalue weighted by atomic mass is 79.9. The SMILES string of the molecule is CNc1c(N)cncc1Br. The smallest absolute Gasteiger partial charge is 0.0747 e. The summed E-state index contributed by atoms with van der Waals surface area (Å²) in [5, 5.41) is 2.95. The summed E-state index contributed by atoms with van der Waals surface area (Å²) < 4.78 is 0.884. The minimum absolute atomic E-state index is 0.650. The van der Waals surface area contributed by atoms with Crippen molar-refractivity contribution in [1.29, 1.82) is 0 Å². The molecule has 0 unspecified atom stereocenters. The molecule has 0 aliphatic heterocycles. The Hall–Kier alpha value is -0.770. The van der Waals surface area contributed by atoms with Crippen LogP contribution in [0.2, 0.25) is 0 Å². The third-order valence-corrected chi connectivity index (χ3v) is 1.78. The van der Waals surface area contributed by atoms with Crippen LogP contribution in [0.15, 0.2) is 16.9 Å². The van der Waals surface area contributed by atoms with E-state index in [4.69, 9.17) is 5.73 Å². The van der Waals surface area contributed by atoms with Crippen molar-refractivity contribution in [2.75, 3.05) is 18.1 Å². The zero-order valence-corrected chi connectivity index (χ0v) is 7.14. The van der Waals surface area contributed by atoms with E-state index in [1.54, 1.807) is 12.4 Å². The van der Waals surface area contributed by atoms with Gasteiger partial charge in [0.15, 0.2) is 0 Å². The van der Waals surface area contributed by atoms with Crippen molar-refractivity contribution in [3.63, 3.8) is 0 Å². The van der Waals surface area contributed by atoms with Crippen LogP contribution in [0.25, 0.3) is 0 Å². The van der Waals surface area contributed by atoms with Gasteiger partial charge in [0.1, 0.15) is 0 Å². The van der Waals surface area contributed by atoms with Crippen molar-refractivity contribution < 1.29 is 0 Å². The molecule has 0 aliphatic rings. The van der Waals surface area contributed by atoms with Gasteiger partial charge in [0.05, 0.1) is 22.0 Å². The topological polar surface area (TPSA) is 50.9 Å². The Bertz CT molecular complexity index is 216. The van der Waals surface area contributed by atoms with Gasteiger partial charge in [-0.3, -0.25) is 4.98 Å². The number of hydrogen-bond donors (Lipinski definition) is 2. The largest absolute Gasteiger partial charge is 0.396 e. The van der Waals surface area contributed by atoms with E-state index >= 15 is 0 Å². The monoisotopic (exact) mass is 201 g/mol. The molecular weight excluding hydrogens is 194 g/mol. The summed E-state index contributed by atoms with van der Waals surface area (Å²) >= 11 is 3.30. The average molecular weight is 202 g/mol. The maximum atomic E-state index is 5.58. The molecule has 0 atom stereocenters. The normalized spacial score (nSPS) is 9.40. The van der Waals surface area contributed by atoms with Crippen molar-refractivity contribution in [1.82, 2.24) is 4.98 Å². The summed E-state index contributed by atoms with van der Waals surface area (Å²) in [6.07, 6.45) is 3.30. The lowest BCUT2D eigenvalue weighted by Gasteiger charge is -2.04. The van der Waals surface area contributed by atoms with Gasteiger partial charge in [-0.05, 0) is 15.9 Å². The number of nitrogen functional groups attached to an aromatic ring is 1. The molecule has 0 aromatic carbocycles. The van der Waals surface area contributed by atoms with Gasteiger partial charge in [-0.1, -0.05) is 0 Å². The van der Waals surface area contributed by atoms with Crippen LogP contribution in [-0.4, -0.2) is 12.0 Å². The van der Waals surface area contributed by atoms with E-state index < -0.39 is 0 Å². The first-order valence-corrected chi connectivity index (χ1v) is 3.61. The van der Waals surface area contributed by atoms with Gasteiger partial charge in [-0.15, -0.1) is 0 Å². The molecule has 0 saturated heterocycles. The zero-order valence-electron chi connectivity index (χ0n) is 5.56. The number of anilines is 2. The lowest BCUT2D eigenvalue weighted by atomic mass is 10.3. The molecule has 0 spiro atoms. The summed E-state index contributed by atoms with van der Waals surface area (Å²) in [6, 6.07) is 0. The van der Waals surface area contributed by atoms with Crippen LogP contribution in [0.4, 0.5) is 11.4 Å². The number of nitrogens with two attached hydrogens (primary N) is 1. The maximum absolute atomic E-state index is 5.58. The molecule has 0 saturated carbocycles. The number of nitrogens with zero attached hydrogens (tertiary/aromatic N) is 1. The fraction of sp³-hybridized carbons (Fsp3) is 0.167. The van der Waals surface area contributed by atoms with E-state index in [0.717, 1.165) is 10.2 Å². The van der Waals surface area contributed by atoms with Gasteiger partial charge in [0, 0.05) is 13.2 Å². The Morgan fingerprint density at radius 2 is 2.30 bits per heavy atom. The summed E-state index contributed by atoms with van der Waals surface area (Å²) in [5.41, 5.74) is 7.11. The molecule has 4 heteroatoms. The van der Waals surface area contributed by atoms with Crippen molar-refractivity contribution in [2.24, 2.45) is 0 Å². The fourth-order valence-electron chi connectivity index (χ4n) is 0.714. The predicted molar refractivity (Wildman–Crippen MR) is 45.9 cm³/mol. The van der Waals surface area contributed by atoms with Crippen LogP contribution >= 0.6 is 15.9 Å². The average Bonchev–Trinajstić information content (AvgIpc) is 1.88. The first kappa shape index (κ1) is 7.34. The van der Waals surface area contributed by atoms with Crippen LogP contribution < -0.4 is 11.1 Å². The maximum Gasteiger partial charge on any atom is 0.0747 e. The molecule has 0 radical (unpaired) electrons. The summed E-state index contributed by atoms with van der Waals surface area (Å²) in [5.74, 6) is 0. The minimum atomic E-state index is 0.650. The van der Waals surface area contributed by atoms with Crippen molar-refractivity contribution in [3.05, 3.63) is 16.9 Å². The molecule has 3 N–H and O–H groups in total. The molecule has 0 fully saturated rings. The molecule has 3 nitrogen and oxygen atoms in total. The second-order valence-electron chi connectivity index (χ2n) is 1.84. The molecule has 1 heterocycles. The molecule has 0 amide bonds. The highest BCUT2D eigenvalue weighted by molar-refractivity contribution is 9.10. The molecule has 0 bridgehead atoms. The highest BCUT2D eigenvalue weighted by Gasteiger charge is 1.99. The van der Waals surface area contributed by atoms with E-state index in [1.807, 2.05) is 7.05 Å². The van der Waals surface area contributed by atoms with Gasteiger partial charge >= 0.3 is 0 Å². The van der Waals surface area contributed by atoms with Crippen LogP contribution in [-0.2, 0) is 0 Å². The molecule has 10 heavy (non-hydrogen) atoms. The molecule has 0 aliphatic carbocycles. The number of rotatable bonds is 1. The summed E-state index contributed by atoms with van der Waals surface area (Å²) in [6.45, 7) is 0. The number of aromatic nitrogens is 1. The molecule has 1 aromatic rings. The predicted octanol–water partition coefficient (Wildman–Crippen LogP) is 1.47. The van der Waals surface area contributed by atoms with E-state index in [0.29, 0.717) is 5.69 Å². The van der Waals surface area contributed by atoms with Crippen molar-refractivity contribution in [2.45, 2.75) is 0 Å². The number of nitrogens with one attached hydrogen (secondary N) is 1. The van der Waals surface area contributed by atoms with Gasteiger partial charge < -0.3 is 11.1 Å². The van der Waals surface area contributed by atoms with Gasteiger partial charge in [-0.25, -0.2) is 0 Å². The fourth-order valence-corrected chi connectivity index (χ4v) is 1.26. The standard InChI is InChI=1S/C6H8BrN3/c1-9-6-4(7)2-10-3-5(6)8/h2-3H,8H2,1H3,(H,9,10). The van der Waals surface area contributed by atoms with Crippen LogP contribution in [0.3, 0.4) is 0 Å². The van der Waals surface area contributed by atoms with Crippen LogP contribution in [0, 0.1) is 0 Å². The van der Waals surface area contributed by atoms with E-state index in [1.165, 1.54) is 0 Å². The van der Waals surface area contributed by atoms with E-state index in [-0.39, 0.29) is 0 Å². The molecule has 54 valence electrons. The quantitative estimate of drug-likeness (QED) is 0.724. The Balaban J connectivity index is 3.17. The Morgan fingerprint density at radius 3 is 2.70 bits per heavy atom. The summed E-state index contributed by atoms with van der Waals surface area (Å²) in [7, 11) is 1.82. The Kier molecular flexibility index (Phi) is 2.11. The second-order valence-corrected chi connectivity index (χ2v) is 2.69. The second kappa shape index (κ2) is 2.88. The summed E-state index contributed by atoms with van der Waals surface area (Å²) in [4.78, 5) is 3.88. The Morgan fingerprint density at radius 1 is 1.60 bits per heavy atom. The molecular formula is C6H8BrN3. The first-order chi connectivity index (χ1) is 4.75. The van der Waals surface area contributed by atoms with E-state index in [2.05, 4.69) is 26.2 Å². The Labute approximate surface area is 67.8 Å². The lowest BCUT2D eigenvalue weighted by molar-refractivity contribution is 1.30. The number of hydrogen-bond acceptors (Lipinski definition) is 3. The van der Waals surface area contributed by atoms with Crippen LogP contribution in [0.5, 0.6) is 0 Å². The molecule has 1 rings (SSSR count). The van der Waals surface area contributed by atoms with Crippen molar-refractivity contribution in [3.8, 4) is 0 Å². The number of halogens is 1. The van der Waals surface area contributed by atoms with Gasteiger partial charge in [0.2, 0.25) is 0 Å². The third-order valence-electron chi connectivity index (χ3n) is 1.18. The number of pyridine rings is 1. The van der Waals surface area contributed by atoms with Crippen molar-refractivity contribution >= 4 is 27.3 Å². The highest BCUT2D eigenvalue weighted by Crippen LogP contribution is 2.25. The van der Waals surface area contributed by atoms with Crippen LogP contribution in [0.1, 0.15) is 0 Å². The minimum Gasteiger partial charge on any atom is -0.396 e. The third kappa shape index (κ3) is 1.21. The lowest BCUT2D eigenvalue weighted by Crippen LogP contribution is -1.96. The molecule has 1 aromatic heterocycles. The van der Waals surface area contributed by atoms with E-state index in [9.17, 15) is 0 Å².